The largest absolute Gasteiger partial charge is 0.497 e. The lowest BCUT2D eigenvalue weighted by Crippen LogP contribution is -1.95. The van der Waals surface area contributed by atoms with Crippen molar-refractivity contribution in [1.82, 2.24) is 14.5 Å². The lowest BCUT2D eigenvalue weighted by Gasteiger charge is -2.07. The number of halogens is 1. The fourth-order valence-electron chi connectivity index (χ4n) is 2.59. The van der Waals surface area contributed by atoms with Gasteiger partial charge in [-0.1, -0.05) is 11.8 Å². The van der Waals surface area contributed by atoms with Crippen LogP contribution in [0.5, 0.6) is 5.75 Å². The van der Waals surface area contributed by atoms with Crippen molar-refractivity contribution in [2.45, 2.75) is 10.9 Å². The van der Waals surface area contributed by atoms with E-state index in [4.69, 9.17) is 9.15 Å². The first-order chi connectivity index (χ1) is 13.2. The summed E-state index contributed by atoms with van der Waals surface area (Å²) < 4.78 is 26.0. The van der Waals surface area contributed by atoms with Gasteiger partial charge >= 0.3 is 0 Å². The summed E-state index contributed by atoms with van der Waals surface area (Å²) in [6, 6.07) is 13.9. The highest BCUT2D eigenvalue weighted by molar-refractivity contribution is 7.98. The third kappa shape index (κ3) is 3.88. The molecule has 136 valence electrons. The molecule has 4 aromatic rings. The Bertz CT molecular complexity index is 1030. The second-order valence-electron chi connectivity index (χ2n) is 5.69. The summed E-state index contributed by atoms with van der Waals surface area (Å²) in [6.45, 7) is 0. The predicted octanol–water partition coefficient (Wildman–Crippen LogP) is 4.97. The smallest absolute Gasteiger partial charge is 0.205 e. The summed E-state index contributed by atoms with van der Waals surface area (Å²) in [6.07, 6.45) is 5.31. The van der Waals surface area contributed by atoms with Crippen molar-refractivity contribution in [3.63, 3.8) is 0 Å². The standard InChI is InChI=1S/C20H16FN3O2S/c1-25-17-8-6-16(7-9-17)24-11-10-22-20(24)27-13-19-23-12-18(26-19)14-2-4-15(21)5-3-14/h2-12H,13H2,1H3. The minimum absolute atomic E-state index is 0.278. The number of ether oxygens (including phenoxy) is 1. The number of rotatable bonds is 6. The molecule has 0 radical (unpaired) electrons. The second kappa shape index (κ2) is 7.67. The first kappa shape index (κ1) is 17.4. The molecule has 7 heteroatoms. The number of imidazole rings is 1. The molecule has 0 aliphatic carbocycles. The highest BCUT2D eigenvalue weighted by atomic mass is 32.2. The average molecular weight is 381 g/mol. The van der Waals surface area contributed by atoms with E-state index in [0.717, 1.165) is 22.2 Å². The molecule has 2 heterocycles. The van der Waals surface area contributed by atoms with Gasteiger partial charge in [-0.25, -0.2) is 14.4 Å². The minimum atomic E-state index is -0.278. The SMILES string of the molecule is COc1ccc(-n2ccnc2SCc2ncc(-c3ccc(F)cc3)o2)cc1. The highest BCUT2D eigenvalue weighted by Crippen LogP contribution is 2.27. The maximum absolute atomic E-state index is 13.0. The van der Waals surface area contributed by atoms with Gasteiger partial charge in [-0.3, -0.25) is 4.57 Å². The average Bonchev–Trinajstić information content (AvgIpc) is 3.36. The number of thioether (sulfide) groups is 1. The maximum atomic E-state index is 13.0. The van der Waals surface area contributed by atoms with Crippen molar-refractivity contribution in [1.29, 1.82) is 0 Å². The molecule has 4 rings (SSSR count). The number of hydrogen-bond acceptors (Lipinski definition) is 5. The Labute approximate surface area is 159 Å². The van der Waals surface area contributed by atoms with Gasteiger partial charge < -0.3 is 9.15 Å². The molecule has 27 heavy (non-hydrogen) atoms. The van der Waals surface area contributed by atoms with E-state index in [1.165, 1.54) is 23.9 Å². The van der Waals surface area contributed by atoms with E-state index in [2.05, 4.69) is 9.97 Å². The van der Waals surface area contributed by atoms with Gasteiger partial charge in [0.25, 0.3) is 0 Å². The number of oxazole rings is 1. The van der Waals surface area contributed by atoms with Gasteiger partial charge in [-0.05, 0) is 48.5 Å². The molecule has 5 nitrogen and oxygen atoms in total. The Morgan fingerprint density at radius 1 is 1.07 bits per heavy atom. The van der Waals surface area contributed by atoms with Gasteiger partial charge in [0.05, 0.1) is 19.1 Å². The van der Waals surface area contributed by atoms with Gasteiger partial charge in [0.15, 0.2) is 10.9 Å². The van der Waals surface area contributed by atoms with Gasteiger partial charge in [0, 0.05) is 23.6 Å². The lowest BCUT2D eigenvalue weighted by molar-refractivity contribution is 0.414. The van der Waals surface area contributed by atoms with Crippen LogP contribution in [0.4, 0.5) is 4.39 Å². The summed E-state index contributed by atoms with van der Waals surface area (Å²) in [4.78, 5) is 8.71. The molecule has 0 spiro atoms. The number of nitrogens with zero attached hydrogens (tertiary/aromatic N) is 3. The minimum Gasteiger partial charge on any atom is -0.497 e. The maximum Gasteiger partial charge on any atom is 0.205 e. The number of methoxy groups -OCH3 is 1. The fraction of sp³-hybridized carbons (Fsp3) is 0.100. The van der Waals surface area contributed by atoms with Gasteiger partial charge in [-0.15, -0.1) is 0 Å². The molecule has 2 aromatic carbocycles. The predicted molar refractivity (Wildman–Crippen MR) is 102 cm³/mol. The van der Waals surface area contributed by atoms with Crippen molar-refractivity contribution >= 4 is 11.8 Å². The third-order valence-electron chi connectivity index (χ3n) is 3.96. The van der Waals surface area contributed by atoms with Crippen molar-refractivity contribution in [2.24, 2.45) is 0 Å². The van der Waals surface area contributed by atoms with E-state index in [0.29, 0.717) is 17.4 Å². The van der Waals surface area contributed by atoms with Crippen LogP contribution in [0, 0.1) is 5.82 Å². The monoisotopic (exact) mass is 381 g/mol. The molecule has 0 amide bonds. The normalized spacial score (nSPS) is 10.9. The van der Waals surface area contributed by atoms with E-state index < -0.39 is 0 Å². The summed E-state index contributed by atoms with van der Waals surface area (Å²) in [5.74, 6) is 2.27. The van der Waals surface area contributed by atoms with Crippen LogP contribution >= 0.6 is 11.8 Å². The van der Waals surface area contributed by atoms with Crippen LogP contribution in [0.3, 0.4) is 0 Å². The van der Waals surface area contributed by atoms with Crippen LogP contribution in [-0.2, 0) is 5.75 Å². The molecule has 0 aliphatic heterocycles. The zero-order valence-corrected chi connectivity index (χ0v) is 15.3. The molecule has 2 aromatic heterocycles. The first-order valence-electron chi connectivity index (χ1n) is 8.24. The fourth-order valence-corrected chi connectivity index (χ4v) is 3.41. The zero-order valence-electron chi connectivity index (χ0n) is 14.5. The van der Waals surface area contributed by atoms with E-state index in [1.54, 1.807) is 31.6 Å². The molecule has 0 unspecified atom stereocenters. The molecule has 0 atom stereocenters. The van der Waals surface area contributed by atoms with E-state index in [1.807, 2.05) is 35.0 Å². The molecule has 0 saturated carbocycles. The summed E-state index contributed by atoms with van der Waals surface area (Å²) >= 11 is 1.53. The van der Waals surface area contributed by atoms with Gasteiger partial charge in [0.1, 0.15) is 11.6 Å². The van der Waals surface area contributed by atoms with Gasteiger partial charge in [0.2, 0.25) is 5.89 Å². The molecule has 0 fully saturated rings. The van der Waals surface area contributed by atoms with Crippen molar-refractivity contribution < 1.29 is 13.5 Å². The first-order valence-corrected chi connectivity index (χ1v) is 9.23. The molecular formula is C20H16FN3O2S. The molecule has 0 saturated heterocycles. The summed E-state index contributed by atoms with van der Waals surface area (Å²) in [5, 5.41) is 0.835. The van der Waals surface area contributed by atoms with E-state index in [9.17, 15) is 4.39 Å². The van der Waals surface area contributed by atoms with Crippen LogP contribution in [0.25, 0.3) is 17.0 Å². The number of benzene rings is 2. The van der Waals surface area contributed by atoms with Crippen LogP contribution in [0.15, 0.2) is 76.7 Å². The van der Waals surface area contributed by atoms with E-state index in [-0.39, 0.29) is 5.82 Å². The van der Waals surface area contributed by atoms with Gasteiger partial charge in [-0.2, -0.15) is 0 Å². The van der Waals surface area contributed by atoms with E-state index >= 15 is 0 Å². The van der Waals surface area contributed by atoms with Crippen LogP contribution in [0.1, 0.15) is 5.89 Å². The Hall–Kier alpha value is -3.06. The number of aromatic nitrogens is 3. The Kier molecular flexibility index (Phi) is 4.93. The van der Waals surface area contributed by atoms with Crippen molar-refractivity contribution in [2.75, 3.05) is 7.11 Å². The lowest BCUT2D eigenvalue weighted by atomic mass is 10.2. The quantitative estimate of drug-likeness (QED) is 0.442. The Morgan fingerprint density at radius 3 is 2.59 bits per heavy atom. The second-order valence-corrected chi connectivity index (χ2v) is 6.63. The van der Waals surface area contributed by atoms with Crippen LogP contribution < -0.4 is 4.74 Å². The van der Waals surface area contributed by atoms with Crippen LogP contribution in [0.2, 0.25) is 0 Å². The van der Waals surface area contributed by atoms with Crippen LogP contribution in [-0.4, -0.2) is 21.6 Å². The van der Waals surface area contributed by atoms with Crippen molar-refractivity contribution in [3.05, 3.63) is 78.8 Å². The highest BCUT2D eigenvalue weighted by Gasteiger charge is 2.11. The zero-order chi connectivity index (χ0) is 18.6. The molecule has 0 bridgehead atoms. The molecular weight excluding hydrogens is 365 g/mol. The summed E-state index contributed by atoms with van der Waals surface area (Å²) in [5.41, 5.74) is 1.79. The Morgan fingerprint density at radius 2 is 1.85 bits per heavy atom. The van der Waals surface area contributed by atoms with Crippen molar-refractivity contribution in [3.8, 4) is 22.8 Å². The number of hydrogen-bond donors (Lipinski definition) is 0. The topological polar surface area (TPSA) is 53.1 Å². The summed E-state index contributed by atoms with van der Waals surface area (Å²) in [7, 11) is 1.64. The third-order valence-corrected chi connectivity index (χ3v) is 4.92. The Balaban J connectivity index is 1.47. The molecule has 0 N–H and O–H groups in total. The molecule has 0 aliphatic rings.